The van der Waals surface area contributed by atoms with Gasteiger partial charge in [-0.2, -0.15) is 0 Å². The Morgan fingerprint density at radius 3 is 2.50 bits per heavy atom. The molecule has 38 heavy (non-hydrogen) atoms. The van der Waals surface area contributed by atoms with Crippen molar-refractivity contribution < 1.29 is 13.2 Å². The van der Waals surface area contributed by atoms with E-state index in [2.05, 4.69) is 26.5 Å². The van der Waals surface area contributed by atoms with Gasteiger partial charge in [0.2, 0.25) is 0 Å². The number of carbonyl (C=O) groups excluding carboxylic acids is 1. The molecule has 198 valence electrons. The van der Waals surface area contributed by atoms with E-state index >= 15 is 0 Å². The highest BCUT2D eigenvalue weighted by Gasteiger charge is 2.26. The van der Waals surface area contributed by atoms with E-state index in [4.69, 9.17) is 28.9 Å². The van der Waals surface area contributed by atoms with Gasteiger partial charge in [-0.25, -0.2) is 18.4 Å². The number of rotatable bonds is 7. The summed E-state index contributed by atoms with van der Waals surface area (Å²) in [6.45, 7) is 5.08. The van der Waals surface area contributed by atoms with E-state index in [9.17, 15) is 13.2 Å². The molecule has 0 radical (unpaired) electrons. The number of aromatic nitrogens is 3. The molecule has 0 saturated carbocycles. The molecule has 5 rings (SSSR count). The van der Waals surface area contributed by atoms with Gasteiger partial charge in [-0.15, -0.1) is 0 Å². The van der Waals surface area contributed by atoms with Gasteiger partial charge in [0.25, 0.3) is 10.0 Å². The van der Waals surface area contributed by atoms with Crippen molar-refractivity contribution in [1.29, 1.82) is 0 Å². The molecule has 3 heterocycles. The topological polar surface area (TPSA) is 123 Å². The molecule has 1 fully saturated rings. The lowest BCUT2D eigenvalue weighted by atomic mass is 10.0. The highest BCUT2D eigenvalue weighted by atomic mass is 35.5. The fraction of sp³-hybridized carbons (Fsp3) is 0.269. The smallest absolute Gasteiger partial charge is 0.261 e. The summed E-state index contributed by atoms with van der Waals surface area (Å²) in [4.78, 5) is 24.6. The standard InChI is InChI=1S/C26H26Cl2N6O3S/c1-2-33-8-6-20(7-9-33)34-14-22(23-25(29)30-15-31-26(23)34)24(35)16-4-3-5-19(10-16)32-38(36,37)21-12-17(27)11-18(28)13-21/h3-5,10-15,20,32H,2,6-9H2,1H3,(H2,29,30,31). The molecule has 1 saturated heterocycles. The first-order chi connectivity index (χ1) is 18.2. The van der Waals surface area contributed by atoms with Gasteiger partial charge >= 0.3 is 0 Å². The lowest BCUT2D eigenvalue weighted by Crippen LogP contribution is -2.34. The van der Waals surface area contributed by atoms with Gasteiger partial charge in [0, 0.05) is 46.6 Å². The number of nitrogens with one attached hydrogen (secondary N) is 1. The fourth-order valence-electron chi connectivity index (χ4n) is 4.85. The second-order valence-electron chi connectivity index (χ2n) is 9.19. The van der Waals surface area contributed by atoms with Crippen molar-refractivity contribution in [2.24, 2.45) is 0 Å². The van der Waals surface area contributed by atoms with E-state index in [1.807, 2.05) is 4.57 Å². The summed E-state index contributed by atoms with van der Waals surface area (Å²) in [5, 5.41) is 0.881. The van der Waals surface area contributed by atoms with E-state index in [1.54, 1.807) is 24.4 Å². The Morgan fingerprint density at radius 1 is 1.11 bits per heavy atom. The van der Waals surface area contributed by atoms with Crippen LogP contribution in [0.4, 0.5) is 11.5 Å². The minimum Gasteiger partial charge on any atom is -0.383 e. The molecule has 0 aliphatic carbocycles. The maximum Gasteiger partial charge on any atom is 0.261 e. The van der Waals surface area contributed by atoms with Crippen LogP contribution in [0.2, 0.25) is 10.0 Å². The van der Waals surface area contributed by atoms with Crippen LogP contribution in [0.15, 0.2) is 59.9 Å². The van der Waals surface area contributed by atoms with E-state index in [0.717, 1.165) is 32.5 Å². The predicted molar refractivity (Wildman–Crippen MR) is 149 cm³/mol. The quantitative estimate of drug-likeness (QED) is 0.298. The second-order valence-corrected chi connectivity index (χ2v) is 11.7. The van der Waals surface area contributed by atoms with Crippen LogP contribution >= 0.6 is 23.2 Å². The van der Waals surface area contributed by atoms with Crippen molar-refractivity contribution in [2.75, 3.05) is 30.1 Å². The summed E-state index contributed by atoms with van der Waals surface area (Å²) in [5.41, 5.74) is 7.72. The van der Waals surface area contributed by atoms with Crippen LogP contribution < -0.4 is 10.5 Å². The van der Waals surface area contributed by atoms with Gasteiger partial charge in [0.1, 0.15) is 17.8 Å². The van der Waals surface area contributed by atoms with Crippen molar-refractivity contribution in [3.8, 4) is 0 Å². The van der Waals surface area contributed by atoms with Crippen LogP contribution in [0, 0.1) is 0 Å². The summed E-state index contributed by atoms with van der Waals surface area (Å²) in [5.74, 6) is -0.0918. The lowest BCUT2D eigenvalue weighted by Gasteiger charge is -2.32. The third-order valence-electron chi connectivity index (χ3n) is 6.80. The van der Waals surface area contributed by atoms with Crippen LogP contribution in [0.1, 0.15) is 41.7 Å². The van der Waals surface area contributed by atoms with E-state index in [0.29, 0.717) is 16.6 Å². The second kappa shape index (κ2) is 10.5. The third-order valence-corrected chi connectivity index (χ3v) is 8.60. The van der Waals surface area contributed by atoms with Crippen LogP contribution in [-0.2, 0) is 10.0 Å². The van der Waals surface area contributed by atoms with Gasteiger partial charge in [0.15, 0.2) is 5.78 Å². The van der Waals surface area contributed by atoms with Crippen LogP contribution in [0.25, 0.3) is 11.0 Å². The maximum atomic E-state index is 13.7. The molecule has 0 bridgehead atoms. The number of anilines is 2. The molecular formula is C26H26Cl2N6O3S. The van der Waals surface area contributed by atoms with Crippen LogP contribution in [-0.4, -0.2) is 53.3 Å². The van der Waals surface area contributed by atoms with Crippen LogP contribution in [0.3, 0.4) is 0 Å². The summed E-state index contributed by atoms with van der Waals surface area (Å²) in [6.07, 6.45) is 5.07. The van der Waals surface area contributed by atoms with Gasteiger partial charge in [-0.3, -0.25) is 9.52 Å². The summed E-state index contributed by atoms with van der Waals surface area (Å²) < 4.78 is 30.4. The van der Waals surface area contributed by atoms with Crippen molar-refractivity contribution in [3.63, 3.8) is 0 Å². The van der Waals surface area contributed by atoms with Crippen molar-refractivity contribution in [3.05, 3.63) is 76.2 Å². The number of hydrogen-bond acceptors (Lipinski definition) is 7. The summed E-state index contributed by atoms with van der Waals surface area (Å²) >= 11 is 12.0. The van der Waals surface area contributed by atoms with Crippen LogP contribution in [0.5, 0.6) is 0 Å². The molecule has 1 aliphatic heterocycles. The highest BCUT2D eigenvalue weighted by molar-refractivity contribution is 7.92. The van der Waals surface area contributed by atoms with Gasteiger partial charge < -0.3 is 15.2 Å². The number of benzene rings is 2. The van der Waals surface area contributed by atoms with E-state index < -0.39 is 10.0 Å². The Hall–Kier alpha value is -3.18. The Morgan fingerprint density at radius 2 is 1.82 bits per heavy atom. The molecule has 0 spiro atoms. The average Bonchev–Trinajstić information content (AvgIpc) is 3.28. The first-order valence-corrected chi connectivity index (χ1v) is 14.4. The predicted octanol–water partition coefficient (Wildman–Crippen LogP) is 5.01. The van der Waals surface area contributed by atoms with Crippen molar-refractivity contribution in [1.82, 2.24) is 19.4 Å². The number of halogens is 2. The minimum absolute atomic E-state index is 0.0890. The lowest BCUT2D eigenvalue weighted by molar-refractivity contribution is 0.104. The molecule has 12 heteroatoms. The molecule has 0 unspecified atom stereocenters. The Kier molecular flexibility index (Phi) is 7.32. The van der Waals surface area contributed by atoms with Crippen molar-refractivity contribution >= 4 is 61.5 Å². The monoisotopic (exact) mass is 572 g/mol. The maximum absolute atomic E-state index is 13.7. The largest absolute Gasteiger partial charge is 0.383 e. The SMILES string of the molecule is CCN1CCC(n2cc(C(=O)c3cccc(NS(=O)(=O)c4cc(Cl)cc(Cl)c4)c3)c3c(N)ncnc32)CC1. The normalized spacial score (nSPS) is 15.1. The zero-order chi connectivity index (χ0) is 27.0. The Labute approximate surface area is 230 Å². The first-order valence-electron chi connectivity index (χ1n) is 12.1. The average molecular weight is 574 g/mol. The number of nitrogens with zero attached hydrogens (tertiary/aromatic N) is 4. The zero-order valence-electron chi connectivity index (χ0n) is 20.6. The molecule has 9 nitrogen and oxygen atoms in total. The number of likely N-dealkylation sites (tertiary alicyclic amines) is 1. The zero-order valence-corrected chi connectivity index (χ0v) is 22.9. The van der Waals surface area contributed by atoms with E-state index in [-0.39, 0.29) is 43.8 Å². The number of sulfonamides is 1. The van der Waals surface area contributed by atoms with Gasteiger partial charge in [-0.05, 0) is 49.7 Å². The minimum atomic E-state index is -4.00. The van der Waals surface area contributed by atoms with Gasteiger partial charge in [-0.1, -0.05) is 42.3 Å². The first kappa shape index (κ1) is 26.4. The third kappa shape index (κ3) is 5.22. The number of nitrogen functional groups attached to an aromatic ring is 1. The molecular weight excluding hydrogens is 547 g/mol. The summed E-state index contributed by atoms with van der Waals surface area (Å²) in [6, 6.07) is 10.5. The number of hydrogen-bond donors (Lipinski definition) is 2. The number of piperidine rings is 1. The van der Waals surface area contributed by atoms with Crippen molar-refractivity contribution in [2.45, 2.75) is 30.7 Å². The number of nitrogens with two attached hydrogens (primary N) is 1. The molecule has 4 aromatic rings. The molecule has 2 aromatic heterocycles. The molecule has 0 atom stereocenters. The molecule has 2 aromatic carbocycles. The number of carbonyl (C=O) groups is 1. The number of fused-ring (bicyclic) bond motifs is 1. The number of ketones is 1. The van der Waals surface area contributed by atoms with E-state index in [1.165, 1.54) is 30.6 Å². The highest BCUT2D eigenvalue weighted by Crippen LogP contribution is 2.33. The fourth-order valence-corrected chi connectivity index (χ4v) is 6.62. The molecule has 3 N–H and O–H groups in total. The Bertz CT molecular complexity index is 1610. The Balaban J connectivity index is 1.48. The van der Waals surface area contributed by atoms with Gasteiger partial charge in [0.05, 0.1) is 15.8 Å². The summed E-state index contributed by atoms with van der Waals surface area (Å²) in [7, 11) is -4.00. The molecule has 1 aliphatic rings. The molecule has 0 amide bonds.